The lowest BCUT2D eigenvalue weighted by atomic mass is 10.1. The van der Waals surface area contributed by atoms with Gasteiger partial charge in [0, 0.05) is 24.9 Å². The maximum absolute atomic E-state index is 11.9. The monoisotopic (exact) mass is 357 g/mol. The Labute approximate surface area is 147 Å². The van der Waals surface area contributed by atoms with E-state index < -0.39 is 0 Å². The molecule has 23 heavy (non-hydrogen) atoms. The van der Waals surface area contributed by atoms with Crippen LogP contribution in [0, 0.1) is 0 Å². The zero-order valence-corrected chi connectivity index (χ0v) is 14.3. The summed E-state index contributed by atoms with van der Waals surface area (Å²) in [4.78, 5) is 20.2. The van der Waals surface area contributed by atoms with Gasteiger partial charge in [0.05, 0.1) is 11.9 Å². The highest BCUT2D eigenvalue weighted by atomic mass is 35.5. The second-order valence-electron chi connectivity index (χ2n) is 5.26. The molecule has 1 unspecified atom stereocenters. The van der Waals surface area contributed by atoms with E-state index in [1.165, 1.54) is 12.8 Å². The predicted octanol–water partition coefficient (Wildman–Crippen LogP) is 2.58. The van der Waals surface area contributed by atoms with E-state index in [9.17, 15) is 4.79 Å². The predicted molar refractivity (Wildman–Crippen MR) is 94.7 cm³/mol. The smallest absolute Gasteiger partial charge is 0.224 e. The number of hydrogen-bond donors (Lipinski definition) is 2. The minimum Gasteiger partial charge on any atom is -0.325 e. The quantitative estimate of drug-likeness (QED) is 0.862. The fraction of sp³-hybridized carbons (Fsp3) is 0.400. The van der Waals surface area contributed by atoms with Crippen LogP contribution in [0.25, 0.3) is 5.82 Å². The van der Waals surface area contributed by atoms with Crippen molar-refractivity contribution in [2.24, 2.45) is 0 Å². The summed E-state index contributed by atoms with van der Waals surface area (Å²) in [7, 11) is 0. The van der Waals surface area contributed by atoms with Crippen molar-refractivity contribution >= 4 is 36.4 Å². The maximum atomic E-state index is 11.9. The van der Waals surface area contributed by atoms with Gasteiger partial charge >= 0.3 is 0 Å². The van der Waals surface area contributed by atoms with Crippen molar-refractivity contribution in [3.8, 4) is 5.82 Å². The molecule has 2 aromatic heterocycles. The summed E-state index contributed by atoms with van der Waals surface area (Å²) in [5, 5.41) is 6.28. The molecule has 0 aromatic carbocycles. The molecule has 2 aromatic rings. The van der Waals surface area contributed by atoms with Crippen LogP contribution in [0.5, 0.6) is 0 Å². The second kappa shape index (κ2) is 9.50. The molecule has 0 bridgehead atoms. The van der Waals surface area contributed by atoms with Crippen LogP contribution < -0.4 is 10.6 Å². The molecule has 6 nitrogen and oxygen atoms in total. The molecule has 1 amide bonds. The number of hydrogen-bond acceptors (Lipinski definition) is 4. The molecule has 126 valence electrons. The third-order valence-corrected chi connectivity index (χ3v) is 3.68. The van der Waals surface area contributed by atoms with Gasteiger partial charge in [-0.3, -0.25) is 9.36 Å². The minimum absolute atomic E-state index is 0. The lowest BCUT2D eigenvalue weighted by Crippen LogP contribution is -2.23. The van der Waals surface area contributed by atoms with E-state index in [-0.39, 0.29) is 30.7 Å². The van der Waals surface area contributed by atoms with Crippen molar-refractivity contribution < 1.29 is 4.79 Å². The molecule has 1 saturated heterocycles. The fourth-order valence-electron chi connectivity index (χ4n) is 2.54. The van der Waals surface area contributed by atoms with E-state index in [1.54, 1.807) is 18.7 Å². The van der Waals surface area contributed by atoms with Gasteiger partial charge in [-0.25, -0.2) is 9.97 Å². The number of carbonyl (C=O) groups excluding carboxylic acids is 1. The van der Waals surface area contributed by atoms with Gasteiger partial charge in [-0.2, -0.15) is 0 Å². The first-order chi connectivity index (χ1) is 10.3. The van der Waals surface area contributed by atoms with E-state index in [0.717, 1.165) is 24.5 Å². The SMILES string of the molecule is Cl.Cl.O=C(CCC1CCCN1)Nc1ccc(-n2ccnc2)nc1. The molecule has 1 aliphatic heterocycles. The number of nitrogens with zero attached hydrogens (tertiary/aromatic N) is 3. The zero-order valence-electron chi connectivity index (χ0n) is 12.6. The van der Waals surface area contributed by atoms with E-state index >= 15 is 0 Å². The Morgan fingerprint density at radius 1 is 1.39 bits per heavy atom. The van der Waals surface area contributed by atoms with Crippen molar-refractivity contribution in [1.29, 1.82) is 0 Å². The van der Waals surface area contributed by atoms with Crippen LogP contribution in [0.2, 0.25) is 0 Å². The first-order valence-electron chi connectivity index (χ1n) is 7.29. The number of pyridine rings is 1. The molecule has 1 aliphatic rings. The van der Waals surface area contributed by atoms with Gasteiger partial charge in [0.1, 0.15) is 12.1 Å². The van der Waals surface area contributed by atoms with Gasteiger partial charge in [-0.15, -0.1) is 24.8 Å². The largest absolute Gasteiger partial charge is 0.325 e. The third-order valence-electron chi connectivity index (χ3n) is 3.68. The number of imidazole rings is 1. The number of aromatic nitrogens is 3. The molecule has 0 saturated carbocycles. The Bertz CT molecular complexity index is 582. The summed E-state index contributed by atoms with van der Waals surface area (Å²) in [5.41, 5.74) is 0.725. The normalized spacial score (nSPS) is 16.3. The van der Waals surface area contributed by atoms with Gasteiger partial charge in [-0.05, 0) is 37.9 Å². The van der Waals surface area contributed by atoms with Crippen LogP contribution in [0.15, 0.2) is 37.1 Å². The fourth-order valence-corrected chi connectivity index (χ4v) is 2.54. The van der Waals surface area contributed by atoms with E-state index in [0.29, 0.717) is 12.5 Å². The Kier molecular flexibility index (Phi) is 8.02. The van der Waals surface area contributed by atoms with Crippen LogP contribution in [0.1, 0.15) is 25.7 Å². The molecule has 3 heterocycles. The van der Waals surface area contributed by atoms with E-state index in [2.05, 4.69) is 20.6 Å². The summed E-state index contributed by atoms with van der Waals surface area (Å²) < 4.78 is 1.82. The highest BCUT2D eigenvalue weighted by Gasteiger charge is 2.15. The number of rotatable bonds is 5. The Morgan fingerprint density at radius 2 is 2.26 bits per heavy atom. The van der Waals surface area contributed by atoms with Crippen molar-refractivity contribution in [2.75, 3.05) is 11.9 Å². The highest BCUT2D eigenvalue weighted by Crippen LogP contribution is 2.13. The van der Waals surface area contributed by atoms with Gasteiger partial charge < -0.3 is 10.6 Å². The first-order valence-corrected chi connectivity index (χ1v) is 7.29. The molecule has 0 radical (unpaired) electrons. The second-order valence-corrected chi connectivity index (χ2v) is 5.26. The Balaban J connectivity index is 0.00000132. The van der Waals surface area contributed by atoms with Crippen LogP contribution in [0.4, 0.5) is 5.69 Å². The van der Waals surface area contributed by atoms with Crippen LogP contribution in [0.3, 0.4) is 0 Å². The number of anilines is 1. The molecule has 1 fully saturated rings. The number of amides is 1. The maximum Gasteiger partial charge on any atom is 0.224 e. The van der Waals surface area contributed by atoms with Crippen molar-refractivity contribution in [1.82, 2.24) is 19.9 Å². The molecular formula is C15H21Cl2N5O. The Hall–Kier alpha value is -1.63. The molecule has 1 atom stereocenters. The third kappa shape index (κ3) is 5.49. The molecule has 0 spiro atoms. The van der Waals surface area contributed by atoms with Gasteiger partial charge in [-0.1, -0.05) is 0 Å². The lowest BCUT2D eigenvalue weighted by molar-refractivity contribution is -0.116. The van der Waals surface area contributed by atoms with Gasteiger partial charge in [0.2, 0.25) is 5.91 Å². The number of nitrogens with one attached hydrogen (secondary N) is 2. The first kappa shape index (κ1) is 19.4. The molecule has 2 N–H and O–H groups in total. The summed E-state index contributed by atoms with van der Waals surface area (Å²) in [5.74, 6) is 0.821. The zero-order chi connectivity index (χ0) is 14.5. The van der Waals surface area contributed by atoms with Crippen molar-refractivity contribution in [3.05, 3.63) is 37.1 Å². The van der Waals surface area contributed by atoms with E-state index in [4.69, 9.17) is 0 Å². The van der Waals surface area contributed by atoms with Crippen molar-refractivity contribution in [3.63, 3.8) is 0 Å². The average molecular weight is 358 g/mol. The van der Waals surface area contributed by atoms with Gasteiger partial charge in [0.25, 0.3) is 0 Å². The molecule has 0 aliphatic carbocycles. The number of halogens is 2. The van der Waals surface area contributed by atoms with Crippen molar-refractivity contribution in [2.45, 2.75) is 31.7 Å². The van der Waals surface area contributed by atoms with Crippen LogP contribution >= 0.6 is 24.8 Å². The van der Waals surface area contributed by atoms with Crippen LogP contribution in [-0.2, 0) is 4.79 Å². The molecule has 8 heteroatoms. The minimum atomic E-state index is 0. The topological polar surface area (TPSA) is 71.8 Å². The summed E-state index contributed by atoms with van der Waals surface area (Å²) >= 11 is 0. The highest BCUT2D eigenvalue weighted by molar-refractivity contribution is 5.90. The van der Waals surface area contributed by atoms with Crippen LogP contribution in [-0.4, -0.2) is 33.0 Å². The molecule has 3 rings (SSSR count). The molecular weight excluding hydrogens is 337 g/mol. The Morgan fingerprint density at radius 3 is 2.87 bits per heavy atom. The summed E-state index contributed by atoms with van der Waals surface area (Å²) in [6.45, 7) is 1.08. The van der Waals surface area contributed by atoms with E-state index in [1.807, 2.05) is 22.9 Å². The lowest BCUT2D eigenvalue weighted by Gasteiger charge is -2.10. The van der Waals surface area contributed by atoms with Gasteiger partial charge in [0.15, 0.2) is 0 Å². The average Bonchev–Trinajstić information content (AvgIpc) is 3.19. The summed E-state index contributed by atoms with van der Waals surface area (Å²) in [6.07, 6.45) is 10.7. The summed E-state index contributed by atoms with van der Waals surface area (Å²) in [6, 6.07) is 4.21. The standard InChI is InChI=1S/C15H19N5O.2ClH/c21-15(6-4-12-2-1-7-17-12)19-13-3-5-14(18-10-13)20-9-8-16-11-20;;/h3,5,8-12,17H,1-2,4,6-7H2,(H,19,21);2*1H. The number of carbonyl (C=O) groups is 1.